The van der Waals surface area contributed by atoms with Crippen molar-refractivity contribution >= 4 is 11.7 Å². The molecule has 1 heterocycles. The van der Waals surface area contributed by atoms with Gasteiger partial charge in [-0.05, 0) is 25.2 Å². The number of benzene rings is 1. The van der Waals surface area contributed by atoms with Gasteiger partial charge in [-0.15, -0.1) is 0 Å². The average Bonchev–Trinajstić information content (AvgIpc) is 2.88. The summed E-state index contributed by atoms with van der Waals surface area (Å²) in [6.45, 7) is 6.46. The van der Waals surface area contributed by atoms with E-state index in [9.17, 15) is 18.7 Å². The summed E-state index contributed by atoms with van der Waals surface area (Å²) in [4.78, 5) is 14.0. The molecule has 1 aliphatic rings. The predicted molar refractivity (Wildman–Crippen MR) is 85.8 cm³/mol. The van der Waals surface area contributed by atoms with Gasteiger partial charge in [-0.1, -0.05) is 13.8 Å². The third-order valence-electron chi connectivity index (χ3n) is 4.11. The Morgan fingerprint density at radius 3 is 2.71 bits per heavy atom. The van der Waals surface area contributed by atoms with Gasteiger partial charge in [0.2, 0.25) is 0 Å². The highest BCUT2D eigenvalue weighted by Crippen LogP contribution is 2.17. The molecule has 8 heteroatoms. The smallest absolute Gasteiger partial charge is 0.319 e. The summed E-state index contributed by atoms with van der Waals surface area (Å²) in [5.74, 6) is -1.59. The Morgan fingerprint density at radius 2 is 2.08 bits per heavy atom. The van der Waals surface area contributed by atoms with Gasteiger partial charge in [-0.25, -0.2) is 13.6 Å². The second-order valence-electron chi connectivity index (χ2n) is 5.68. The van der Waals surface area contributed by atoms with Crippen molar-refractivity contribution in [3.63, 3.8) is 0 Å². The highest BCUT2D eigenvalue weighted by atomic mass is 19.1. The molecule has 3 atom stereocenters. The molecule has 1 unspecified atom stereocenters. The van der Waals surface area contributed by atoms with Crippen molar-refractivity contribution in [1.29, 1.82) is 0 Å². The molecule has 0 radical (unpaired) electrons. The zero-order valence-electron chi connectivity index (χ0n) is 13.8. The van der Waals surface area contributed by atoms with Crippen LogP contribution in [-0.2, 0) is 4.74 Å². The van der Waals surface area contributed by atoms with Gasteiger partial charge in [-0.3, -0.25) is 0 Å². The number of aliphatic hydroxyl groups is 1. The van der Waals surface area contributed by atoms with Crippen molar-refractivity contribution in [2.75, 3.05) is 31.6 Å². The fourth-order valence-corrected chi connectivity index (χ4v) is 2.63. The molecule has 1 fully saturated rings. The lowest BCUT2D eigenvalue weighted by molar-refractivity contribution is 0.0173. The Bertz CT molecular complexity index is 569. The van der Waals surface area contributed by atoms with Crippen LogP contribution >= 0.6 is 0 Å². The molecule has 1 aromatic carbocycles. The number of urea groups is 1. The number of hydrogen-bond donors (Lipinski definition) is 3. The fourth-order valence-electron chi connectivity index (χ4n) is 2.63. The number of hydrogen-bond acceptors (Lipinski definition) is 4. The van der Waals surface area contributed by atoms with E-state index in [4.69, 9.17) is 4.74 Å². The molecule has 0 bridgehead atoms. The number of nitrogens with one attached hydrogen (secondary N) is 2. The van der Waals surface area contributed by atoms with E-state index in [-0.39, 0.29) is 12.3 Å². The number of likely N-dealkylation sites (N-methyl/N-ethyl adjacent to an activating group) is 1. The van der Waals surface area contributed by atoms with Crippen LogP contribution in [0.25, 0.3) is 0 Å². The first kappa shape index (κ1) is 18.6. The summed E-state index contributed by atoms with van der Waals surface area (Å²) < 4.78 is 31.9. The number of rotatable bonds is 6. The molecule has 24 heavy (non-hydrogen) atoms. The van der Waals surface area contributed by atoms with Gasteiger partial charge in [0.25, 0.3) is 0 Å². The quantitative estimate of drug-likeness (QED) is 0.733. The minimum absolute atomic E-state index is 0.137. The summed E-state index contributed by atoms with van der Waals surface area (Å²) >= 11 is 0. The van der Waals surface area contributed by atoms with Crippen LogP contribution in [0.4, 0.5) is 19.3 Å². The van der Waals surface area contributed by atoms with Crippen LogP contribution < -0.4 is 10.6 Å². The molecule has 134 valence electrons. The number of carbonyl (C=O) groups excluding carboxylic acids is 1. The van der Waals surface area contributed by atoms with Crippen LogP contribution in [0.1, 0.15) is 13.8 Å². The van der Waals surface area contributed by atoms with Gasteiger partial charge in [0.1, 0.15) is 17.7 Å². The molecule has 1 aliphatic heterocycles. The van der Waals surface area contributed by atoms with Crippen molar-refractivity contribution < 1.29 is 23.4 Å². The Labute approximate surface area is 139 Å². The maximum atomic E-state index is 13.5. The first-order chi connectivity index (χ1) is 11.4. The first-order valence-corrected chi connectivity index (χ1v) is 7.99. The van der Waals surface area contributed by atoms with Crippen molar-refractivity contribution in [3.05, 3.63) is 29.8 Å². The van der Waals surface area contributed by atoms with E-state index in [2.05, 4.69) is 15.5 Å². The molecular formula is C16H23F2N3O3. The molecule has 2 rings (SSSR count). The van der Waals surface area contributed by atoms with Crippen LogP contribution in [0.3, 0.4) is 0 Å². The molecule has 0 aliphatic carbocycles. The van der Waals surface area contributed by atoms with Crippen molar-refractivity contribution in [3.8, 4) is 0 Å². The standard InChI is InChI=1S/C16H23F2N3O3/c1-3-21(4-2)8-14-15(22)13(9-24-14)20-16(23)19-12-6-5-10(17)7-11(12)18/h5-7,13-15,22H,3-4,8-9H2,1-2H3,(H2,19,20,23)/t13?,14-,15+/m0/s1. The van der Waals surface area contributed by atoms with Crippen molar-refractivity contribution in [2.24, 2.45) is 0 Å². The van der Waals surface area contributed by atoms with Crippen LogP contribution in [0, 0.1) is 11.6 Å². The number of ether oxygens (including phenoxy) is 1. The van der Waals surface area contributed by atoms with E-state index in [0.29, 0.717) is 12.6 Å². The second-order valence-corrected chi connectivity index (χ2v) is 5.68. The summed E-state index contributed by atoms with van der Waals surface area (Å²) in [7, 11) is 0. The van der Waals surface area contributed by atoms with Gasteiger partial charge in [-0.2, -0.15) is 0 Å². The minimum atomic E-state index is -0.868. The van der Waals surface area contributed by atoms with E-state index in [0.717, 1.165) is 25.2 Å². The van der Waals surface area contributed by atoms with Gasteiger partial charge in [0.15, 0.2) is 0 Å². The summed E-state index contributed by atoms with van der Waals surface area (Å²) in [6, 6.07) is 1.59. The summed E-state index contributed by atoms with van der Waals surface area (Å²) in [5.41, 5.74) is -0.137. The van der Waals surface area contributed by atoms with Crippen LogP contribution in [-0.4, -0.2) is 60.5 Å². The Kier molecular flexibility index (Phi) is 6.47. The number of aliphatic hydroxyl groups excluding tert-OH is 1. The first-order valence-electron chi connectivity index (χ1n) is 7.99. The second kappa shape index (κ2) is 8.36. The monoisotopic (exact) mass is 343 g/mol. The van der Waals surface area contributed by atoms with Gasteiger partial charge in [0, 0.05) is 12.6 Å². The highest BCUT2D eigenvalue weighted by Gasteiger charge is 2.37. The van der Waals surface area contributed by atoms with Crippen LogP contribution in [0.15, 0.2) is 18.2 Å². The van der Waals surface area contributed by atoms with E-state index < -0.39 is 35.9 Å². The molecular weight excluding hydrogens is 320 g/mol. The number of anilines is 1. The van der Waals surface area contributed by atoms with Gasteiger partial charge >= 0.3 is 6.03 Å². The lowest BCUT2D eigenvalue weighted by Gasteiger charge is -2.24. The molecule has 1 aromatic rings. The fraction of sp³-hybridized carbons (Fsp3) is 0.562. The maximum Gasteiger partial charge on any atom is 0.319 e. The topological polar surface area (TPSA) is 73.8 Å². The SMILES string of the molecule is CCN(CC)C[C@@H]1OCC(NC(=O)Nc2ccc(F)cc2F)[C@H]1O. The third-order valence-corrected chi connectivity index (χ3v) is 4.11. The third kappa shape index (κ3) is 4.62. The van der Waals surface area contributed by atoms with E-state index >= 15 is 0 Å². The molecule has 1 saturated heterocycles. The van der Waals surface area contributed by atoms with Gasteiger partial charge < -0.3 is 25.4 Å². The van der Waals surface area contributed by atoms with E-state index in [1.165, 1.54) is 0 Å². The highest BCUT2D eigenvalue weighted by molar-refractivity contribution is 5.89. The normalized spacial score (nSPS) is 23.5. The zero-order chi connectivity index (χ0) is 17.7. The number of amides is 2. The Hall–Kier alpha value is -1.77. The zero-order valence-corrected chi connectivity index (χ0v) is 13.8. The molecule has 0 aromatic heterocycles. The maximum absolute atomic E-state index is 13.5. The Balaban J connectivity index is 1.88. The molecule has 0 saturated carbocycles. The van der Waals surface area contributed by atoms with Crippen molar-refractivity contribution in [2.45, 2.75) is 32.1 Å². The molecule has 0 spiro atoms. The van der Waals surface area contributed by atoms with E-state index in [1.807, 2.05) is 13.8 Å². The lowest BCUT2D eigenvalue weighted by atomic mass is 10.1. The average molecular weight is 343 g/mol. The number of carbonyl (C=O) groups is 1. The molecule has 2 amide bonds. The molecule has 3 N–H and O–H groups in total. The van der Waals surface area contributed by atoms with Gasteiger partial charge in [0.05, 0.1) is 24.4 Å². The van der Waals surface area contributed by atoms with Crippen LogP contribution in [0.2, 0.25) is 0 Å². The summed E-state index contributed by atoms with van der Waals surface area (Å²) in [5, 5.41) is 15.1. The predicted octanol–water partition coefficient (Wildman–Crippen LogP) is 1.56. The minimum Gasteiger partial charge on any atom is -0.388 e. The number of halogens is 2. The number of nitrogens with zero attached hydrogens (tertiary/aromatic N) is 1. The van der Waals surface area contributed by atoms with E-state index in [1.54, 1.807) is 0 Å². The lowest BCUT2D eigenvalue weighted by Crippen LogP contribution is -2.48. The van der Waals surface area contributed by atoms with Crippen molar-refractivity contribution in [1.82, 2.24) is 10.2 Å². The Morgan fingerprint density at radius 1 is 1.38 bits per heavy atom. The largest absolute Gasteiger partial charge is 0.388 e. The summed E-state index contributed by atoms with van der Waals surface area (Å²) in [6.07, 6.45) is -1.24. The molecule has 6 nitrogen and oxygen atoms in total. The van der Waals surface area contributed by atoms with Crippen LogP contribution in [0.5, 0.6) is 0 Å².